The molecule has 1 aromatic rings. The summed E-state index contributed by atoms with van der Waals surface area (Å²) in [6, 6.07) is 4.27. The van der Waals surface area contributed by atoms with E-state index in [4.69, 9.17) is 4.74 Å². The fourth-order valence-corrected chi connectivity index (χ4v) is 7.03. The van der Waals surface area contributed by atoms with Gasteiger partial charge in [0, 0.05) is 38.0 Å². The van der Waals surface area contributed by atoms with Gasteiger partial charge in [-0.15, -0.1) is 0 Å². The first-order valence-electron chi connectivity index (χ1n) is 12.2. The van der Waals surface area contributed by atoms with Crippen LogP contribution in [0.15, 0.2) is 23.1 Å². The minimum absolute atomic E-state index is 0.0625. The Hall–Kier alpha value is -1.68. The normalized spacial score (nSPS) is 28.0. The summed E-state index contributed by atoms with van der Waals surface area (Å²) in [5.41, 5.74) is 0.554. The van der Waals surface area contributed by atoms with E-state index >= 15 is 0 Å². The van der Waals surface area contributed by atoms with Crippen LogP contribution in [0.4, 0.5) is 0 Å². The number of nitrogens with one attached hydrogen (secondary N) is 1. The lowest BCUT2D eigenvalue weighted by Gasteiger charge is -2.43. The Kier molecular flexibility index (Phi) is 7.05. The van der Waals surface area contributed by atoms with Crippen molar-refractivity contribution in [1.82, 2.24) is 14.5 Å². The smallest absolute Gasteiger partial charge is 0.247 e. The summed E-state index contributed by atoms with van der Waals surface area (Å²) in [6.07, 6.45) is 2.51. The standard InChI is InChI=1S/C24H37N3O5S/c1-4-10-26-11-7-24(8-12-26)9-13-32-21-14-18(17(2)3)5-6-22(21)33(30,31)27-16-19(28)15-20(27)23(29)25-24/h5-6,14,17,19-20,28H,4,7-13,15-16H2,1-3H3,(H,25,29)/t19-,20+/m1/s1. The van der Waals surface area contributed by atoms with Crippen molar-refractivity contribution in [2.24, 2.45) is 0 Å². The van der Waals surface area contributed by atoms with Crippen molar-refractivity contribution in [1.29, 1.82) is 0 Å². The number of carbonyl (C=O) groups is 1. The van der Waals surface area contributed by atoms with Gasteiger partial charge in [-0.05, 0) is 49.4 Å². The van der Waals surface area contributed by atoms with E-state index in [0.29, 0.717) is 18.8 Å². The number of rotatable bonds is 3. The quantitative estimate of drug-likeness (QED) is 0.689. The van der Waals surface area contributed by atoms with Crippen molar-refractivity contribution in [2.75, 3.05) is 32.8 Å². The topological polar surface area (TPSA) is 99.2 Å². The lowest BCUT2D eigenvalue weighted by atomic mass is 9.84. The first kappa shape index (κ1) is 24.4. The summed E-state index contributed by atoms with van der Waals surface area (Å²) in [4.78, 5) is 15.9. The largest absolute Gasteiger partial charge is 0.492 e. The number of fused-ring (bicyclic) bond motifs is 2. The number of aliphatic hydroxyl groups excluding tert-OH is 1. The number of nitrogens with zero attached hydrogens (tertiary/aromatic N) is 2. The molecule has 33 heavy (non-hydrogen) atoms. The average molecular weight is 480 g/mol. The van der Waals surface area contributed by atoms with Crippen molar-refractivity contribution in [2.45, 2.75) is 81.4 Å². The number of aliphatic hydroxyl groups is 1. The number of likely N-dealkylation sites (tertiary alicyclic amines) is 1. The number of sulfonamides is 1. The van der Waals surface area contributed by atoms with Crippen molar-refractivity contribution >= 4 is 15.9 Å². The Morgan fingerprint density at radius 2 is 1.97 bits per heavy atom. The molecule has 0 unspecified atom stereocenters. The number of hydrogen-bond donors (Lipinski definition) is 2. The van der Waals surface area contributed by atoms with E-state index in [-0.39, 0.29) is 29.7 Å². The van der Waals surface area contributed by atoms with Crippen molar-refractivity contribution in [3.05, 3.63) is 23.8 Å². The second-order valence-corrected chi connectivity index (χ2v) is 11.9. The third-order valence-corrected chi connectivity index (χ3v) is 9.25. The molecule has 0 aromatic heterocycles. The Morgan fingerprint density at radius 3 is 2.64 bits per heavy atom. The fourth-order valence-electron chi connectivity index (χ4n) is 5.28. The van der Waals surface area contributed by atoms with Gasteiger partial charge in [-0.25, -0.2) is 8.42 Å². The molecule has 3 heterocycles. The van der Waals surface area contributed by atoms with Crippen molar-refractivity contribution in [3.8, 4) is 5.75 Å². The van der Waals surface area contributed by atoms with E-state index in [1.807, 2.05) is 6.07 Å². The number of ether oxygens (including phenoxy) is 1. The third kappa shape index (κ3) is 4.92. The molecule has 184 valence electrons. The van der Waals surface area contributed by atoms with Gasteiger partial charge in [0.1, 0.15) is 16.7 Å². The molecular weight excluding hydrogens is 442 g/mol. The summed E-state index contributed by atoms with van der Waals surface area (Å²) in [5.74, 6) is 0.231. The Labute approximate surface area is 197 Å². The van der Waals surface area contributed by atoms with Crippen LogP contribution >= 0.6 is 0 Å². The Morgan fingerprint density at radius 1 is 1.24 bits per heavy atom. The number of benzene rings is 1. The molecule has 3 aliphatic rings. The van der Waals surface area contributed by atoms with Gasteiger partial charge in [-0.1, -0.05) is 26.8 Å². The highest BCUT2D eigenvalue weighted by Gasteiger charge is 2.47. The third-order valence-electron chi connectivity index (χ3n) is 7.34. The van der Waals surface area contributed by atoms with Crippen LogP contribution in [0.3, 0.4) is 0 Å². The van der Waals surface area contributed by atoms with Crippen LogP contribution in [-0.4, -0.2) is 79.1 Å². The zero-order valence-electron chi connectivity index (χ0n) is 19.9. The van der Waals surface area contributed by atoms with E-state index in [1.165, 1.54) is 0 Å². The highest BCUT2D eigenvalue weighted by Crippen LogP contribution is 2.36. The van der Waals surface area contributed by atoms with Crippen LogP contribution in [0.1, 0.15) is 64.4 Å². The van der Waals surface area contributed by atoms with E-state index in [2.05, 4.69) is 31.0 Å². The van der Waals surface area contributed by atoms with Gasteiger partial charge in [-0.2, -0.15) is 4.31 Å². The minimum Gasteiger partial charge on any atom is -0.492 e. The van der Waals surface area contributed by atoms with Gasteiger partial charge < -0.3 is 20.1 Å². The van der Waals surface area contributed by atoms with Crippen LogP contribution in [-0.2, 0) is 14.8 Å². The zero-order chi connectivity index (χ0) is 23.8. The summed E-state index contributed by atoms with van der Waals surface area (Å²) in [6.45, 7) is 9.30. The lowest BCUT2D eigenvalue weighted by molar-refractivity contribution is -0.127. The molecule has 2 N–H and O–H groups in total. The summed E-state index contributed by atoms with van der Waals surface area (Å²) >= 11 is 0. The molecule has 9 heteroatoms. The molecule has 4 rings (SSSR count). The molecular formula is C24H37N3O5S. The van der Waals surface area contributed by atoms with E-state index < -0.39 is 27.7 Å². The van der Waals surface area contributed by atoms with Gasteiger partial charge in [0.05, 0.1) is 12.7 Å². The molecule has 0 bridgehead atoms. The van der Waals surface area contributed by atoms with Crippen LogP contribution in [0.2, 0.25) is 0 Å². The van der Waals surface area contributed by atoms with E-state index in [0.717, 1.165) is 48.8 Å². The molecule has 2 fully saturated rings. The molecule has 3 aliphatic heterocycles. The van der Waals surface area contributed by atoms with Gasteiger partial charge in [0.2, 0.25) is 15.9 Å². The lowest BCUT2D eigenvalue weighted by Crippen LogP contribution is -2.59. The molecule has 0 radical (unpaired) electrons. The van der Waals surface area contributed by atoms with Crippen LogP contribution < -0.4 is 10.1 Å². The van der Waals surface area contributed by atoms with Crippen molar-refractivity contribution in [3.63, 3.8) is 0 Å². The van der Waals surface area contributed by atoms with Crippen LogP contribution in [0.25, 0.3) is 0 Å². The highest BCUT2D eigenvalue weighted by molar-refractivity contribution is 7.89. The number of amides is 1. The SMILES string of the molecule is CCCN1CCC2(CCOc3cc(C(C)C)ccc3S(=O)(=O)N3C[C@H](O)C[C@H]3C(=O)N2)CC1. The van der Waals surface area contributed by atoms with Crippen LogP contribution in [0, 0.1) is 0 Å². The maximum Gasteiger partial charge on any atom is 0.247 e. The Balaban J connectivity index is 1.72. The number of carbonyl (C=O) groups excluding carboxylic acids is 1. The molecule has 1 spiro atoms. The molecule has 8 nitrogen and oxygen atoms in total. The summed E-state index contributed by atoms with van der Waals surface area (Å²) in [7, 11) is -4.02. The molecule has 0 aliphatic carbocycles. The second kappa shape index (κ2) is 9.52. The zero-order valence-corrected chi connectivity index (χ0v) is 20.7. The number of piperidine rings is 1. The predicted molar refractivity (Wildman–Crippen MR) is 126 cm³/mol. The Bertz CT molecular complexity index is 972. The fraction of sp³-hybridized carbons (Fsp3) is 0.708. The van der Waals surface area contributed by atoms with Gasteiger partial charge in [-0.3, -0.25) is 4.79 Å². The first-order chi connectivity index (χ1) is 15.6. The second-order valence-electron chi connectivity index (χ2n) is 10.1. The van der Waals surface area contributed by atoms with Gasteiger partial charge in [0.25, 0.3) is 0 Å². The molecule has 1 amide bonds. The predicted octanol–water partition coefficient (Wildman–Crippen LogP) is 2.08. The minimum atomic E-state index is -4.02. The summed E-state index contributed by atoms with van der Waals surface area (Å²) in [5, 5.41) is 13.5. The van der Waals surface area contributed by atoms with E-state index in [9.17, 15) is 18.3 Å². The van der Waals surface area contributed by atoms with Gasteiger partial charge in [0.15, 0.2) is 0 Å². The first-order valence-corrected chi connectivity index (χ1v) is 13.6. The highest BCUT2D eigenvalue weighted by atomic mass is 32.2. The molecule has 2 atom stereocenters. The molecule has 2 saturated heterocycles. The number of hydrogen-bond acceptors (Lipinski definition) is 6. The summed E-state index contributed by atoms with van der Waals surface area (Å²) < 4.78 is 34.6. The van der Waals surface area contributed by atoms with Crippen molar-refractivity contribution < 1.29 is 23.1 Å². The monoisotopic (exact) mass is 479 g/mol. The molecule has 1 aromatic carbocycles. The maximum atomic E-state index is 13.6. The van der Waals surface area contributed by atoms with Gasteiger partial charge >= 0.3 is 0 Å². The van der Waals surface area contributed by atoms with Crippen LogP contribution in [0.5, 0.6) is 5.75 Å². The van der Waals surface area contributed by atoms with E-state index in [1.54, 1.807) is 12.1 Å². The maximum absolute atomic E-state index is 13.6. The average Bonchev–Trinajstić information content (AvgIpc) is 3.17. The molecule has 0 saturated carbocycles.